The second-order valence-electron chi connectivity index (χ2n) is 4.22. The molecule has 2 aromatic rings. The first kappa shape index (κ1) is 16.4. The number of benzene rings is 1. The number of amides is 1. The molecule has 0 saturated heterocycles. The van der Waals surface area contributed by atoms with Gasteiger partial charge in [0.15, 0.2) is 5.16 Å². The molecule has 1 amide bonds. The summed E-state index contributed by atoms with van der Waals surface area (Å²) in [5.41, 5.74) is 0.418. The number of aromatic nitrogens is 3. The third-order valence-electron chi connectivity index (χ3n) is 2.59. The van der Waals surface area contributed by atoms with E-state index in [0.717, 1.165) is 0 Å². The van der Waals surface area contributed by atoms with Crippen molar-refractivity contribution in [3.63, 3.8) is 0 Å². The van der Waals surface area contributed by atoms with Crippen molar-refractivity contribution in [2.45, 2.75) is 17.3 Å². The van der Waals surface area contributed by atoms with Crippen LogP contribution in [0.1, 0.15) is 6.92 Å². The molecule has 0 unspecified atom stereocenters. The molecule has 9 heteroatoms. The summed E-state index contributed by atoms with van der Waals surface area (Å²) in [6.07, 6.45) is 1.57. The summed E-state index contributed by atoms with van der Waals surface area (Å²) in [7, 11) is 1.81. The number of carbonyl (C=O) groups excluding carboxylic acids is 1. The number of hydrogen-bond acceptors (Lipinski definition) is 4. The van der Waals surface area contributed by atoms with E-state index in [4.69, 9.17) is 34.8 Å². The topological polar surface area (TPSA) is 59.8 Å². The molecule has 5 nitrogen and oxygen atoms in total. The van der Waals surface area contributed by atoms with Gasteiger partial charge in [0, 0.05) is 7.05 Å². The summed E-state index contributed by atoms with van der Waals surface area (Å²) in [4.78, 5) is 12.2. The van der Waals surface area contributed by atoms with E-state index in [9.17, 15) is 4.79 Å². The Morgan fingerprint density at radius 1 is 1.29 bits per heavy atom. The zero-order valence-electron chi connectivity index (χ0n) is 11.1. The van der Waals surface area contributed by atoms with Crippen LogP contribution in [0.15, 0.2) is 23.6 Å². The Morgan fingerprint density at radius 2 is 1.95 bits per heavy atom. The van der Waals surface area contributed by atoms with Crippen LogP contribution in [0.2, 0.25) is 15.1 Å². The molecule has 0 radical (unpaired) electrons. The molecule has 1 N–H and O–H groups in total. The Kier molecular flexibility index (Phi) is 5.37. The number of rotatable bonds is 4. The van der Waals surface area contributed by atoms with E-state index in [0.29, 0.717) is 25.9 Å². The molecule has 112 valence electrons. The van der Waals surface area contributed by atoms with Crippen molar-refractivity contribution in [3.8, 4) is 0 Å². The van der Waals surface area contributed by atoms with Gasteiger partial charge in [-0.1, -0.05) is 46.6 Å². The molecule has 21 heavy (non-hydrogen) atoms. The van der Waals surface area contributed by atoms with Crippen LogP contribution in [0.5, 0.6) is 0 Å². The first-order chi connectivity index (χ1) is 9.88. The van der Waals surface area contributed by atoms with Gasteiger partial charge in [0.1, 0.15) is 6.33 Å². The van der Waals surface area contributed by atoms with Crippen LogP contribution in [-0.2, 0) is 11.8 Å². The fourth-order valence-electron chi connectivity index (χ4n) is 1.44. The average Bonchev–Trinajstić information content (AvgIpc) is 2.81. The molecule has 0 aliphatic heterocycles. The third-order valence-corrected chi connectivity index (χ3v) is 4.77. The van der Waals surface area contributed by atoms with Gasteiger partial charge < -0.3 is 9.88 Å². The largest absolute Gasteiger partial charge is 0.324 e. The van der Waals surface area contributed by atoms with Crippen molar-refractivity contribution in [2.24, 2.45) is 7.05 Å². The van der Waals surface area contributed by atoms with Gasteiger partial charge in [0.05, 0.1) is 26.0 Å². The lowest BCUT2D eigenvalue weighted by atomic mass is 10.3. The fourth-order valence-corrected chi connectivity index (χ4v) is 2.83. The second-order valence-corrected chi connectivity index (χ2v) is 6.75. The molecular formula is C12H11Cl3N4OS. The summed E-state index contributed by atoms with van der Waals surface area (Å²) >= 11 is 19.1. The van der Waals surface area contributed by atoms with E-state index in [-0.39, 0.29) is 11.2 Å². The van der Waals surface area contributed by atoms with Crippen LogP contribution in [-0.4, -0.2) is 25.9 Å². The molecule has 1 aromatic carbocycles. The predicted molar refractivity (Wildman–Crippen MR) is 86.4 cm³/mol. The monoisotopic (exact) mass is 364 g/mol. The maximum Gasteiger partial charge on any atom is 0.237 e. The molecule has 0 spiro atoms. The first-order valence-corrected chi connectivity index (χ1v) is 7.86. The maximum absolute atomic E-state index is 12.2. The number of nitrogens with one attached hydrogen (secondary N) is 1. The zero-order chi connectivity index (χ0) is 15.6. The minimum absolute atomic E-state index is 0.219. The SMILES string of the molecule is C[C@@H](Sc1nncn1C)C(=O)Nc1cc(Cl)c(Cl)cc1Cl. The first-order valence-electron chi connectivity index (χ1n) is 5.84. The van der Waals surface area contributed by atoms with Crippen LogP contribution in [0, 0.1) is 0 Å². The van der Waals surface area contributed by atoms with Gasteiger partial charge in [-0.25, -0.2) is 0 Å². The summed E-state index contributed by atoms with van der Waals surface area (Å²) in [6, 6.07) is 3.01. The van der Waals surface area contributed by atoms with E-state index < -0.39 is 0 Å². The standard InChI is InChI=1S/C12H11Cl3N4OS/c1-6(21-12-18-16-5-19(12)2)11(20)17-10-4-8(14)7(13)3-9(10)15/h3-6H,1-2H3,(H,17,20)/t6-/m1/s1. The highest BCUT2D eigenvalue weighted by Gasteiger charge is 2.18. The molecule has 0 bridgehead atoms. The smallest absolute Gasteiger partial charge is 0.237 e. The van der Waals surface area contributed by atoms with Crippen LogP contribution < -0.4 is 5.32 Å². The van der Waals surface area contributed by atoms with Gasteiger partial charge in [-0.15, -0.1) is 10.2 Å². The molecule has 0 saturated carbocycles. The Morgan fingerprint density at radius 3 is 2.57 bits per heavy atom. The lowest BCUT2D eigenvalue weighted by Crippen LogP contribution is -2.23. The second kappa shape index (κ2) is 6.87. The van der Waals surface area contributed by atoms with Gasteiger partial charge in [-0.05, 0) is 19.1 Å². The van der Waals surface area contributed by atoms with Gasteiger partial charge in [-0.3, -0.25) is 4.79 Å². The van der Waals surface area contributed by atoms with Crippen molar-refractivity contribution in [1.29, 1.82) is 0 Å². The predicted octanol–water partition coefficient (Wildman–Crippen LogP) is 3.89. The highest BCUT2D eigenvalue weighted by Crippen LogP contribution is 2.32. The van der Waals surface area contributed by atoms with Gasteiger partial charge in [0.25, 0.3) is 0 Å². The number of carbonyl (C=O) groups is 1. The number of anilines is 1. The Labute approximate surface area is 141 Å². The third kappa shape index (κ3) is 4.03. The molecule has 0 aliphatic rings. The van der Waals surface area contributed by atoms with E-state index in [2.05, 4.69) is 15.5 Å². The lowest BCUT2D eigenvalue weighted by molar-refractivity contribution is -0.115. The molecule has 1 aromatic heterocycles. The van der Waals surface area contributed by atoms with Crippen LogP contribution in [0.25, 0.3) is 0 Å². The molecule has 1 heterocycles. The molecule has 0 fully saturated rings. The van der Waals surface area contributed by atoms with Crippen molar-refractivity contribution >= 4 is 58.2 Å². The minimum atomic E-state index is -0.376. The van der Waals surface area contributed by atoms with Gasteiger partial charge in [0.2, 0.25) is 5.91 Å². The number of aryl methyl sites for hydroxylation is 1. The molecular weight excluding hydrogens is 355 g/mol. The summed E-state index contributed by atoms with van der Waals surface area (Å²) < 4.78 is 1.74. The Balaban J connectivity index is 2.07. The van der Waals surface area contributed by atoms with Crippen LogP contribution in [0.4, 0.5) is 5.69 Å². The Hall–Kier alpha value is -0.950. The summed E-state index contributed by atoms with van der Waals surface area (Å²) in [6.45, 7) is 1.76. The number of nitrogens with zero attached hydrogens (tertiary/aromatic N) is 3. The van der Waals surface area contributed by atoms with E-state index in [1.807, 2.05) is 7.05 Å². The number of halogens is 3. The van der Waals surface area contributed by atoms with Gasteiger partial charge >= 0.3 is 0 Å². The van der Waals surface area contributed by atoms with Gasteiger partial charge in [-0.2, -0.15) is 0 Å². The normalized spacial score (nSPS) is 12.2. The van der Waals surface area contributed by atoms with Crippen LogP contribution in [0.3, 0.4) is 0 Å². The Bertz CT molecular complexity index is 677. The quantitative estimate of drug-likeness (QED) is 0.659. The molecule has 1 atom stereocenters. The van der Waals surface area contributed by atoms with E-state index >= 15 is 0 Å². The molecule has 2 rings (SSSR count). The average molecular weight is 366 g/mol. The van der Waals surface area contributed by atoms with Crippen molar-refractivity contribution < 1.29 is 4.79 Å². The van der Waals surface area contributed by atoms with Crippen molar-refractivity contribution in [2.75, 3.05) is 5.32 Å². The van der Waals surface area contributed by atoms with Crippen molar-refractivity contribution in [3.05, 3.63) is 33.5 Å². The highest BCUT2D eigenvalue weighted by molar-refractivity contribution is 8.00. The maximum atomic E-state index is 12.2. The number of hydrogen-bond donors (Lipinski definition) is 1. The fraction of sp³-hybridized carbons (Fsp3) is 0.250. The lowest BCUT2D eigenvalue weighted by Gasteiger charge is -2.13. The van der Waals surface area contributed by atoms with E-state index in [1.165, 1.54) is 23.9 Å². The van der Waals surface area contributed by atoms with Crippen molar-refractivity contribution in [1.82, 2.24) is 14.8 Å². The summed E-state index contributed by atoms with van der Waals surface area (Å²) in [5, 5.41) is 11.7. The summed E-state index contributed by atoms with van der Waals surface area (Å²) in [5.74, 6) is -0.219. The van der Waals surface area contributed by atoms with E-state index in [1.54, 1.807) is 17.8 Å². The van der Waals surface area contributed by atoms with Crippen LogP contribution >= 0.6 is 46.6 Å². The zero-order valence-corrected chi connectivity index (χ0v) is 14.2. The molecule has 0 aliphatic carbocycles. The minimum Gasteiger partial charge on any atom is -0.324 e. The highest BCUT2D eigenvalue weighted by atomic mass is 35.5. The number of thioether (sulfide) groups is 1.